The first-order valence-electron chi connectivity index (χ1n) is 4.80. The summed E-state index contributed by atoms with van der Waals surface area (Å²) >= 11 is 0. The maximum Gasteiger partial charge on any atom is 0.335 e. The van der Waals surface area contributed by atoms with Gasteiger partial charge < -0.3 is 9.47 Å². The molecule has 2 atom stereocenters. The molecular formula is C11H12O4. The van der Waals surface area contributed by atoms with Crippen LogP contribution in [0.3, 0.4) is 0 Å². The third kappa shape index (κ3) is 1.37. The highest BCUT2D eigenvalue weighted by Crippen LogP contribution is 2.38. The second kappa shape index (κ2) is 3.22. The van der Waals surface area contributed by atoms with Crippen LogP contribution >= 0.6 is 0 Å². The Morgan fingerprint density at radius 3 is 2.93 bits per heavy atom. The highest BCUT2D eigenvalue weighted by molar-refractivity contribution is 6.05. The quantitative estimate of drug-likeness (QED) is 0.603. The van der Waals surface area contributed by atoms with Crippen LogP contribution < -0.4 is 0 Å². The van der Waals surface area contributed by atoms with Crippen LogP contribution in [0.2, 0.25) is 0 Å². The van der Waals surface area contributed by atoms with E-state index >= 15 is 0 Å². The van der Waals surface area contributed by atoms with E-state index in [1.165, 1.54) is 19.3 Å². The number of rotatable bonds is 1. The standard InChI is InChI=1S/C11H12O4/c1-7-3-4-8(12)11(6-7)9(14-2)5-10(13)15-11/h3-5,7H,6H2,1-2H3/t7-,11-/m1/s1. The molecule has 0 N–H and O–H groups in total. The minimum Gasteiger partial charge on any atom is -0.496 e. The molecule has 0 bridgehead atoms. The lowest BCUT2D eigenvalue weighted by Gasteiger charge is -2.31. The molecule has 15 heavy (non-hydrogen) atoms. The lowest BCUT2D eigenvalue weighted by Crippen LogP contribution is -2.44. The summed E-state index contributed by atoms with van der Waals surface area (Å²) in [6, 6.07) is 0. The highest BCUT2D eigenvalue weighted by Gasteiger charge is 2.52. The van der Waals surface area contributed by atoms with Crippen molar-refractivity contribution in [1.29, 1.82) is 0 Å². The summed E-state index contributed by atoms with van der Waals surface area (Å²) in [5, 5.41) is 0. The van der Waals surface area contributed by atoms with Crippen molar-refractivity contribution < 1.29 is 19.1 Å². The predicted octanol–water partition coefficient (Wildman–Crippen LogP) is 0.977. The van der Waals surface area contributed by atoms with Gasteiger partial charge in [0, 0.05) is 6.42 Å². The molecule has 2 rings (SSSR count). The number of carbonyl (C=O) groups is 2. The van der Waals surface area contributed by atoms with Gasteiger partial charge in [-0.05, 0) is 12.0 Å². The summed E-state index contributed by atoms with van der Waals surface area (Å²) in [5.74, 6) is -0.233. The second-order valence-electron chi connectivity index (χ2n) is 3.87. The Morgan fingerprint density at radius 2 is 2.27 bits per heavy atom. The van der Waals surface area contributed by atoms with Crippen molar-refractivity contribution in [1.82, 2.24) is 0 Å². The number of ketones is 1. The third-order valence-electron chi connectivity index (χ3n) is 2.73. The molecule has 4 heteroatoms. The summed E-state index contributed by atoms with van der Waals surface area (Å²) in [4.78, 5) is 23.0. The first-order valence-corrected chi connectivity index (χ1v) is 4.80. The van der Waals surface area contributed by atoms with Crippen LogP contribution in [0.15, 0.2) is 24.0 Å². The van der Waals surface area contributed by atoms with E-state index in [1.807, 2.05) is 13.0 Å². The topological polar surface area (TPSA) is 52.6 Å². The van der Waals surface area contributed by atoms with E-state index in [1.54, 1.807) is 0 Å². The van der Waals surface area contributed by atoms with E-state index in [0.29, 0.717) is 12.2 Å². The largest absolute Gasteiger partial charge is 0.496 e. The van der Waals surface area contributed by atoms with Gasteiger partial charge in [-0.25, -0.2) is 4.79 Å². The fourth-order valence-electron chi connectivity index (χ4n) is 2.02. The molecule has 0 radical (unpaired) electrons. The molecule has 80 valence electrons. The smallest absolute Gasteiger partial charge is 0.335 e. The lowest BCUT2D eigenvalue weighted by molar-refractivity contribution is -0.157. The van der Waals surface area contributed by atoms with Gasteiger partial charge in [0.15, 0.2) is 5.76 Å². The van der Waals surface area contributed by atoms with E-state index < -0.39 is 11.6 Å². The summed E-state index contributed by atoms with van der Waals surface area (Å²) in [5.41, 5.74) is -1.19. The molecule has 1 spiro atoms. The maximum atomic E-state index is 11.8. The van der Waals surface area contributed by atoms with Crippen molar-refractivity contribution >= 4 is 11.8 Å². The molecule has 0 saturated carbocycles. The van der Waals surface area contributed by atoms with Gasteiger partial charge in [0.1, 0.15) is 0 Å². The molecular weight excluding hydrogens is 196 g/mol. The minimum absolute atomic E-state index is 0.187. The zero-order valence-electron chi connectivity index (χ0n) is 8.65. The molecule has 1 aliphatic heterocycles. The molecule has 4 nitrogen and oxygen atoms in total. The van der Waals surface area contributed by atoms with Crippen LogP contribution in [0.25, 0.3) is 0 Å². The number of esters is 1. The van der Waals surface area contributed by atoms with Gasteiger partial charge >= 0.3 is 5.97 Å². The predicted molar refractivity (Wildman–Crippen MR) is 51.8 cm³/mol. The van der Waals surface area contributed by atoms with Crippen molar-refractivity contribution in [3.63, 3.8) is 0 Å². The number of hydrogen-bond acceptors (Lipinski definition) is 4. The molecule has 0 aromatic heterocycles. The highest BCUT2D eigenvalue weighted by atomic mass is 16.6. The summed E-state index contributed by atoms with van der Waals surface area (Å²) in [7, 11) is 1.44. The van der Waals surface area contributed by atoms with E-state index in [-0.39, 0.29) is 11.7 Å². The third-order valence-corrected chi connectivity index (χ3v) is 2.73. The lowest BCUT2D eigenvalue weighted by atomic mass is 9.81. The first-order chi connectivity index (χ1) is 7.08. The molecule has 0 amide bonds. The summed E-state index contributed by atoms with van der Waals surface area (Å²) in [6.45, 7) is 1.96. The van der Waals surface area contributed by atoms with Crippen LogP contribution in [0, 0.1) is 5.92 Å². The van der Waals surface area contributed by atoms with Gasteiger partial charge in [0.25, 0.3) is 0 Å². The monoisotopic (exact) mass is 208 g/mol. The normalized spacial score (nSPS) is 34.3. The van der Waals surface area contributed by atoms with Gasteiger partial charge in [-0.1, -0.05) is 13.0 Å². The SMILES string of the molecule is COC1=CC(=O)O[C@@]12C[C@H](C)C=CC2=O. The Labute approximate surface area is 87.5 Å². The molecule has 0 unspecified atom stereocenters. The number of allylic oxidation sites excluding steroid dienone is 1. The van der Waals surface area contributed by atoms with Crippen LogP contribution in [-0.4, -0.2) is 24.5 Å². The molecule has 0 fully saturated rings. The fraction of sp³-hybridized carbons (Fsp3) is 0.455. The van der Waals surface area contributed by atoms with Crippen molar-refractivity contribution in [3.05, 3.63) is 24.0 Å². The number of carbonyl (C=O) groups excluding carboxylic acids is 2. The minimum atomic E-state index is -1.19. The van der Waals surface area contributed by atoms with Crippen molar-refractivity contribution in [2.24, 2.45) is 5.92 Å². The van der Waals surface area contributed by atoms with Crippen LogP contribution in [0.5, 0.6) is 0 Å². The average Bonchev–Trinajstić information content (AvgIpc) is 2.50. The first kappa shape index (κ1) is 9.96. The van der Waals surface area contributed by atoms with Gasteiger partial charge in [-0.2, -0.15) is 0 Å². The molecule has 1 aliphatic carbocycles. The Morgan fingerprint density at radius 1 is 1.53 bits per heavy atom. The van der Waals surface area contributed by atoms with Crippen LogP contribution in [-0.2, 0) is 19.1 Å². The van der Waals surface area contributed by atoms with Crippen LogP contribution in [0.1, 0.15) is 13.3 Å². The Balaban J connectivity index is 2.42. The maximum absolute atomic E-state index is 11.8. The molecule has 2 aliphatic rings. The molecule has 1 heterocycles. The van der Waals surface area contributed by atoms with E-state index in [2.05, 4.69) is 0 Å². The Hall–Kier alpha value is -1.58. The Kier molecular flexibility index (Phi) is 2.14. The number of ether oxygens (including phenoxy) is 2. The van der Waals surface area contributed by atoms with Crippen LogP contribution in [0.4, 0.5) is 0 Å². The summed E-state index contributed by atoms with van der Waals surface area (Å²) < 4.78 is 10.2. The second-order valence-corrected chi connectivity index (χ2v) is 3.87. The van der Waals surface area contributed by atoms with Crippen molar-refractivity contribution in [2.45, 2.75) is 18.9 Å². The number of methoxy groups -OCH3 is 1. The summed E-state index contributed by atoms with van der Waals surface area (Å²) in [6.07, 6.45) is 4.96. The number of hydrogen-bond donors (Lipinski definition) is 0. The molecule has 0 aromatic rings. The van der Waals surface area contributed by atoms with Gasteiger partial charge in [-0.3, -0.25) is 4.79 Å². The van der Waals surface area contributed by atoms with E-state index in [4.69, 9.17) is 9.47 Å². The van der Waals surface area contributed by atoms with E-state index in [0.717, 1.165) is 0 Å². The van der Waals surface area contributed by atoms with E-state index in [9.17, 15) is 9.59 Å². The van der Waals surface area contributed by atoms with Gasteiger partial charge in [0.2, 0.25) is 11.4 Å². The zero-order valence-corrected chi connectivity index (χ0v) is 8.65. The van der Waals surface area contributed by atoms with Crippen molar-refractivity contribution in [2.75, 3.05) is 7.11 Å². The average molecular weight is 208 g/mol. The van der Waals surface area contributed by atoms with Gasteiger partial charge in [-0.15, -0.1) is 0 Å². The zero-order chi connectivity index (χ0) is 11.1. The van der Waals surface area contributed by atoms with Crippen molar-refractivity contribution in [3.8, 4) is 0 Å². The Bertz CT molecular complexity index is 380. The molecule has 0 aromatic carbocycles. The molecule has 0 saturated heterocycles. The fourth-order valence-corrected chi connectivity index (χ4v) is 2.02. The van der Waals surface area contributed by atoms with Gasteiger partial charge in [0.05, 0.1) is 13.2 Å².